The molecule has 0 unspecified atom stereocenters. The fourth-order valence-electron chi connectivity index (χ4n) is 3.23. The third-order valence-electron chi connectivity index (χ3n) is 4.81. The molecule has 0 spiro atoms. The Hall–Kier alpha value is -2.18. The molecule has 1 aliphatic heterocycles. The van der Waals surface area contributed by atoms with E-state index in [9.17, 15) is 19.8 Å². The van der Waals surface area contributed by atoms with Crippen LogP contribution >= 0.6 is 0 Å². The molecule has 1 aliphatic rings. The number of piperidine rings is 1. The molecule has 3 rings (SSSR count). The molecule has 6 nitrogen and oxygen atoms in total. The van der Waals surface area contributed by atoms with Crippen LogP contribution in [-0.2, 0) is 11.3 Å². The van der Waals surface area contributed by atoms with Gasteiger partial charge in [0.1, 0.15) is 6.54 Å². The number of fused-ring (bicyclic) bond motifs is 1. The molecule has 128 valence electrons. The van der Waals surface area contributed by atoms with E-state index in [4.69, 9.17) is 0 Å². The van der Waals surface area contributed by atoms with Gasteiger partial charge in [0.15, 0.2) is 5.78 Å². The topological polar surface area (TPSA) is 82.8 Å². The van der Waals surface area contributed by atoms with Gasteiger partial charge < -0.3 is 19.7 Å². The first-order chi connectivity index (χ1) is 11.4. The molecule has 1 saturated heterocycles. The number of carbonyl (C=O) groups excluding carboxylic acids is 2. The van der Waals surface area contributed by atoms with E-state index in [-0.39, 0.29) is 24.8 Å². The molecule has 1 fully saturated rings. The molecule has 0 radical (unpaired) electrons. The second-order valence-electron chi connectivity index (χ2n) is 6.51. The second-order valence-corrected chi connectivity index (χ2v) is 6.51. The molecule has 2 N–H and O–H groups in total. The van der Waals surface area contributed by atoms with E-state index in [0.29, 0.717) is 31.5 Å². The van der Waals surface area contributed by atoms with Gasteiger partial charge in [-0.25, -0.2) is 0 Å². The van der Waals surface area contributed by atoms with Crippen LogP contribution in [-0.4, -0.2) is 56.7 Å². The molecule has 6 heteroatoms. The summed E-state index contributed by atoms with van der Waals surface area (Å²) in [5, 5.41) is 20.1. The Labute approximate surface area is 140 Å². The van der Waals surface area contributed by atoms with E-state index < -0.39 is 5.60 Å². The number of Topliss-reactive ketones (excluding diaryl/α,β-unsaturated/α-hetero) is 1. The van der Waals surface area contributed by atoms with Crippen molar-refractivity contribution in [2.45, 2.75) is 31.9 Å². The van der Waals surface area contributed by atoms with Crippen LogP contribution in [0.2, 0.25) is 0 Å². The number of carbonyl (C=O) groups is 2. The van der Waals surface area contributed by atoms with Gasteiger partial charge in [0.2, 0.25) is 5.91 Å². The van der Waals surface area contributed by atoms with Crippen molar-refractivity contribution in [2.75, 3.05) is 19.7 Å². The van der Waals surface area contributed by atoms with Crippen LogP contribution in [0.1, 0.15) is 30.1 Å². The summed E-state index contributed by atoms with van der Waals surface area (Å²) in [5.74, 6) is -0.0748. The largest absolute Gasteiger partial charge is 0.393 e. The average Bonchev–Trinajstić information content (AvgIpc) is 2.94. The van der Waals surface area contributed by atoms with E-state index >= 15 is 0 Å². The lowest BCUT2D eigenvalue weighted by atomic mass is 9.92. The van der Waals surface area contributed by atoms with Gasteiger partial charge in [0.05, 0.1) is 12.2 Å². The maximum absolute atomic E-state index is 12.6. The van der Waals surface area contributed by atoms with Crippen molar-refractivity contribution in [3.05, 3.63) is 36.0 Å². The van der Waals surface area contributed by atoms with Crippen molar-refractivity contribution in [1.29, 1.82) is 0 Å². The van der Waals surface area contributed by atoms with Gasteiger partial charge in [0, 0.05) is 35.8 Å². The zero-order valence-electron chi connectivity index (χ0n) is 13.7. The number of aliphatic hydroxyl groups is 2. The van der Waals surface area contributed by atoms with E-state index in [2.05, 4.69) is 0 Å². The number of ketones is 1. The highest BCUT2D eigenvalue weighted by Gasteiger charge is 2.33. The molecule has 0 aliphatic carbocycles. The van der Waals surface area contributed by atoms with Gasteiger partial charge in [-0.1, -0.05) is 18.2 Å². The number of aromatic nitrogens is 1. The van der Waals surface area contributed by atoms with Crippen molar-refractivity contribution < 1.29 is 19.8 Å². The van der Waals surface area contributed by atoms with Crippen molar-refractivity contribution in [2.24, 2.45) is 0 Å². The molecule has 0 atom stereocenters. The van der Waals surface area contributed by atoms with Crippen molar-refractivity contribution in [1.82, 2.24) is 9.47 Å². The highest BCUT2D eigenvalue weighted by Crippen LogP contribution is 2.24. The quantitative estimate of drug-likeness (QED) is 0.825. The molecule has 2 heterocycles. The number of amides is 1. The Morgan fingerprint density at radius 1 is 1.21 bits per heavy atom. The van der Waals surface area contributed by atoms with E-state index in [1.165, 1.54) is 6.92 Å². The maximum Gasteiger partial charge on any atom is 0.242 e. The standard InChI is InChI=1S/C18H22N2O4/c1-13(22)15-10-20(16-5-3-2-4-14(15)16)11-17(23)19-8-6-18(24,12-21)7-9-19/h2-5,10,21,24H,6-9,11-12H2,1H3. The average molecular weight is 330 g/mol. The highest BCUT2D eigenvalue weighted by atomic mass is 16.3. The number of nitrogens with zero attached hydrogens (tertiary/aromatic N) is 2. The number of rotatable bonds is 4. The van der Waals surface area contributed by atoms with Crippen molar-refractivity contribution >= 4 is 22.6 Å². The zero-order valence-corrected chi connectivity index (χ0v) is 13.7. The molecule has 1 amide bonds. The molecule has 1 aromatic heterocycles. The Morgan fingerprint density at radius 3 is 2.50 bits per heavy atom. The van der Waals surface area contributed by atoms with Gasteiger partial charge in [-0.2, -0.15) is 0 Å². The summed E-state index contributed by atoms with van der Waals surface area (Å²) in [6.45, 7) is 2.25. The van der Waals surface area contributed by atoms with Gasteiger partial charge in [-0.3, -0.25) is 9.59 Å². The Bertz CT molecular complexity index is 772. The van der Waals surface area contributed by atoms with E-state index in [1.54, 1.807) is 15.7 Å². The SMILES string of the molecule is CC(=O)c1cn(CC(=O)N2CCC(O)(CO)CC2)c2ccccc12. The predicted molar refractivity (Wildman–Crippen MR) is 89.8 cm³/mol. The number of benzene rings is 1. The summed E-state index contributed by atoms with van der Waals surface area (Å²) in [4.78, 5) is 26.1. The minimum atomic E-state index is -1.07. The first-order valence-corrected chi connectivity index (χ1v) is 8.13. The smallest absolute Gasteiger partial charge is 0.242 e. The first-order valence-electron chi connectivity index (χ1n) is 8.13. The lowest BCUT2D eigenvalue weighted by molar-refractivity contribution is -0.137. The number of likely N-dealkylation sites (tertiary alicyclic amines) is 1. The molecular formula is C18H22N2O4. The monoisotopic (exact) mass is 330 g/mol. The van der Waals surface area contributed by atoms with E-state index in [1.807, 2.05) is 24.3 Å². The van der Waals surface area contributed by atoms with Gasteiger partial charge in [0.25, 0.3) is 0 Å². The third kappa shape index (κ3) is 3.07. The zero-order chi connectivity index (χ0) is 17.3. The maximum atomic E-state index is 12.6. The third-order valence-corrected chi connectivity index (χ3v) is 4.81. The van der Waals surface area contributed by atoms with Crippen molar-refractivity contribution in [3.8, 4) is 0 Å². The molecular weight excluding hydrogens is 308 g/mol. The van der Waals surface area contributed by atoms with Crippen LogP contribution in [0.15, 0.2) is 30.5 Å². The fraction of sp³-hybridized carbons (Fsp3) is 0.444. The fourth-order valence-corrected chi connectivity index (χ4v) is 3.23. The van der Waals surface area contributed by atoms with Crippen LogP contribution in [0.5, 0.6) is 0 Å². The van der Waals surface area contributed by atoms with E-state index in [0.717, 1.165) is 10.9 Å². The predicted octanol–water partition coefficient (Wildman–Crippen LogP) is 1.19. The first kappa shape index (κ1) is 16.7. The number of hydrogen-bond acceptors (Lipinski definition) is 4. The summed E-state index contributed by atoms with van der Waals surface area (Å²) in [6.07, 6.45) is 2.49. The molecule has 1 aromatic carbocycles. The minimum absolute atomic E-state index is 0.0246. The number of hydrogen-bond donors (Lipinski definition) is 2. The summed E-state index contributed by atoms with van der Waals surface area (Å²) in [6, 6.07) is 7.54. The highest BCUT2D eigenvalue weighted by molar-refractivity contribution is 6.07. The number of aliphatic hydroxyl groups excluding tert-OH is 1. The molecule has 0 bridgehead atoms. The second kappa shape index (κ2) is 6.37. The minimum Gasteiger partial charge on any atom is -0.393 e. The van der Waals surface area contributed by atoms with Crippen LogP contribution in [0.4, 0.5) is 0 Å². The molecule has 2 aromatic rings. The number of para-hydroxylation sites is 1. The van der Waals surface area contributed by atoms with Gasteiger partial charge in [-0.05, 0) is 25.8 Å². The Morgan fingerprint density at radius 2 is 1.88 bits per heavy atom. The molecule has 0 saturated carbocycles. The van der Waals surface area contributed by atoms with Crippen molar-refractivity contribution in [3.63, 3.8) is 0 Å². The van der Waals surface area contributed by atoms with Gasteiger partial charge in [-0.15, -0.1) is 0 Å². The summed E-state index contributed by atoms with van der Waals surface area (Å²) >= 11 is 0. The van der Waals surface area contributed by atoms with Crippen LogP contribution in [0.25, 0.3) is 10.9 Å². The van der Waals surface area contributed by atoms with Crippen LogP contribution < -0.4 is 0 Å². The summed E-state index contributed by atoms with van der Waals surface area (Å²) in [7, 11) is 0. The lowest BCUT2D eigenvalue weighted by Crippen LogP contribution is -2.49. The summed E-state index contributed by atoms with van der Waals surface area (Å²) in [5.41, 5.74) is 0.408. The Balaban J connectivity index is 1.78. The molecule has 24 heavy (non-hydrogen) atoms. The van der Waals surface area contributed by atoms with Gasteiger partial charge >= 0.3 is 0 Å². The lowest BCUT2D eigenvalue weighted by Gasteiger charge is -2.37. The Kier molecular flexibility index (Phi) is 4.43. The normalized spacial score (nSPS) is 17.2. The van der Waals surface area contributed by atoms with Crippen LogP contribution in [0.3, 0.4) is 0 Å². The van der Waals surface area contributed by atoms with Crippen LogP contribution in [0, 0.1) is 0 Å². The summed E-state index contributed by atoms with van der Waals surface area (Å²) < 4.78 is 1.81.